The highest BCUT2D eigenvalue weighted by Crippen LogP contribution is 2.23. The van der Waals surface area contributed by atoms with Crippen LogP contribution in [0.5, 0.6) is 0 Å². The molecule has 152 valence electrons. The van der Waals surface area contributed by atoms with E-state index in [-0.39, 0.29) is 0 Å². The number of benzene rings is 2. The van der Waals surface area contributed by atoms with Gasteiger partial charge in [0.2, 0.25) is 0 Å². The first-order valence-electron chi connectivity index (χ1n) is 9.30. The second kappa shape index (κ2) is 11.7. The van der Waals surface area contributed by atoms with Gasteiger partial charge >= 0.3 is 0 Å². The zero-order chi connectivity index (χ0) is 20.4. The lowest BCUT2D eigenvalue weighted by atomic mass is 9.98. The molecule has 2 aromatic carbocycles. The number of nitrogens with one attached hydrogen (secondary N) is 1. The van der Waals surface area contributed by atoms with Crippen molar-refractivity contribution in [2.24, 2.45) is 0 Å². The molecule has 0 aromatic heterocycles. The number of ether oxygens (including phenoxy) is 1. The summed E-state index contributed by atoms with van der Waals surface area (Å²) in [5.74, 6) is 0.489. The van der Waals surface area contributed by atoms with Gasteiger partial charge in [-0.25, -0.2) is 0 Å². The Morgan fingerprint density at radius 2 is 1.82 bits per heavy atom. The molecule has 2 atom stereocenters. The second-order valence-electron chi connectivity index (χ2n) is 6.60. The smallest absolute Gasteiger partial charge is 0.0806 e. The first-order chi connectivity index (χ1) is 13.5. The van der Waals surface area contributed by atoms with Crippen LogP contribution < -0.4 is 5.32 Å². The van der Waals surface area contributed by atoms with Crippen molar-refractivity contribution in [3.05, 3.63) is 70.2 Å². The highest BCUT2D eigenvalue weighted by atomic mass is 35.5. The third-order valence-electron chi connectivity index (χ3n) is 4.69. The Morgan fingerprint density at radius 3 is 2.43 bits per heavy atom. The van der Waals surface area contributed by atoms with E-state index in [1.165, 1.54) is 0 Å². The monoisotopic (exact) mass is 439 g/mol. The summed E-state index contributed by atoms with van der Waals surface area (Å²) in [7, 11) is 0.620. The highest BCUT2D eigenvalue weighted by Gasteiger charge is 2.30. The zero-order valence-corrected chi connectivity index (χ0v) is 18.6. The Labute approximate surface area is 180 Å². The van der Waals surface area contributed by atoms with Gasteiger partial charge in [0.05, 0.1) is 22.2 Å². The van der Waals surface area contributed by atoms with Gasteiger partial charge in [-0.15, -0.1) is 0 Å². The molecule has 0 bridgehead atoms. The predicted molar refractivity (Wildman–Crippen MR) is 121 cm³/mol. The minimum absolute atomic E-state index is 0.405. The summed E-state index contributed by atoms with van der Waals surface area (Å²) in [6.45, 7) is 3.57. The van der Waals surface area contributed by atoms with E-state index in [0.29, 0.717) is 15.8 Å². The average molecular weight is 440 g/mol. The van der Waals surface area contributed by atoms with Crippen LogP contribution in [0, 0.1) is 0 Å². The van der Waals surface area contributed by atoms with E-state index in [2.05, 4.69) is 12.2 Å². The van der Waals surface area contributed by atoms with Crippen LogP contribution in [0.2, 0.25) is 10.0 Å². The van der Waals surface area contributed by atoms with Crippen molar-refractivity contribution in [2.45, 2.75) is 30.3 Å². The predicted octanol–water partition coefficient (Wildman–Crippen LogP) is 5.59. The van der Waals surface area contributed by atoms with Gasteiger partial charge in [0.15, 0.2) is 0 Å². The van der Waals surface area contributed by atoms with Crippen molar-refractivity contribution in [3.8, 4) is 0 Å². The maximum Gasteiger partial charge on any atom is 0.0806 e. The van der Waals surface area contributed by atoms with Gasteiger partial charge in [0.1, 0.15) is 0 Å². The van der Waals surface area contributed by atoms with Crippen LogP contribution in [0.1, 0.15) is 25.3 Å². The molecule has 2 unspecified atom stereocenters. The van der Waals surface area contributed by atoms with Gasteiger partial charge in [0, 0.05) is 28.6 Å². The van der Waals surface area contributed by atoms with Crippen LogP contribution in [0.15, 0.2) is 59.5 Å². The number of hydrogen-bond acceptors (Lipinski definition) is 3. The molecule has 28 heavy (non-hydrogen) atoms. The van der Waals surface area contributed by atoms with Crippen LogP contribution in [-0.4, -0.2) is 35.8 Å². The molecule has 0 radical (unpaired) electrons. The van der Waals surface area contributed by atoms with Crippen molar-refractivity contribution in [1.82, 2.24) is 5.32 Å². The van der Waals surface area contributed by atoms with Crippen LogP contribution >= 0.6 is 23.2 Å². The van der Waals surface area contributed by atoms with Crippen molar-refractivity contribution < 1.29 is 8.95 Å². The highest BCUT2D eigenvalue weighted by molar-refractivity contribution is 7.85. The molecule has 3 nitrogen and oxygen atoms in total. The average Bonchev–Trinajstić information content (AvgIpc) is 2.69. The molecule has 2 aromatic rings. The lowest BCUT2D eigenvalue weighted by molar-refractivity contribution is 0.0000105. The fourth-order valence-corrected chi connectivity index (χ4v) is 5.03. The molecule has 6 heteroatoms. The summed E-state index contributed by atoms with van der Waals surface area (Å²) in [4.78, 5) is 0.841. The van der Waals surface area contributed by atoms with E-state index in [1.807, 2.05) is 54.6 Å². The minimum atomic E-state index is -1.08. The Bertz CT molecular complexity index is 772. The summed E-state index contributed by atoms with van der Waals surface area (Å²) >= 11 is 12.0. The Kier molecular flexibility index (Phi) is 9.69. The van der Waals surface area contributed by atoms with E-state index >= 15 is 0 Å². The number of hydrogen-bond donors (Lipinski definition) is 1. The summed E-state index contributed by atoms with van der Waals surface area (Å²) in [6, 6.07) is 15.0. The Balaban J connectivity index is 1.83. The van der Waals surface area contributed by atoms with E-state index < -0.39 is 16.4 Å². The van der Waals surface area contributed by atoms with Gasteiger partial charge < -0.3 is 10.1 Å². The molecule has 0 aliphatic heterocycles. The lowest BCUT2D eigenvalue weighted by Gasteiger charge is -2.31. The van der Waals surface area contributed by atoms with Gasteiger partial charge in [0.25, 0.3) is 0 Å². The molecule has 1 N–H and O–H groups in total. The summed E-state index contributed by atoms with van der Waals surface area (Å²) in [5, 5.41) is 4.64. The third kappa shape index (κ3) is 7.34. The molecule has 0 saturated heterocycles. The van der Waals surface area contributed by atoms with E-state index in [1.54, 1.807) is 13.2 Å². The third-order valence-corrected chi connectivity index (χ3v) is 6.72. The summed E-state index contributed by atoms with van der Waals surface area (Å²) < 4.78 is 18.5. The van der Waals surface area contributed by atoms with Gasteiger partial charge in [-0.3, -0.25) is 4.21 Å². The molecule has 0 amide bonds. The molecular formula is C22H27Cl2NO2S. The van der Waals surface area contributed by atoms with Gasteiger partial charge in [-0.2, -0.15) is 0 Å². The maximum absolute atomic E-state index is 12.7. The zero-order valence-electron chi connectivity index (χ0n) is 16.3. The van der Waals surface area contributed by atoms with E-state index in [4.69, 9.17) is 27.9 Å². The molecule has 0 saturated carbocycles. The molecule has 0 aliphatic rings. The number of methoxy groups -OCH3 is 1. The molecular weight excluding hydrogens is 413 g/mol. The fraction of sp³-hybridized carbons (Fsp3) is 0.364. The van der Waals surface area contributed by atoms with Crippen molar-refractivity contribution in [2.75, 3.05) is 26.0 Å². The molecule has 0 heterocycles. The topological polar surface area (TPSA) is 38.3 Å². The first-order valence-corrected chi connectivity index (χ1v) is 11.4. The first kappa shape index (κ1) is 23.1. The van der Waals surface area contributed by atoms with Crippen molar-refractivity contribution in [3.63, 3.8) is 0 Å². The van der Waals surface area contributed by atoms with Crippen LogP contribution in [-0.2, 0) is 15.5 Å². The van der Waals surface area contributed by atoms with Gasteiger partial charge in [-0.1, -0.05) is 60.5 Å². The molecule has 0 fully saturated rings. The SMILES string of the molecule is CCC(CCNC/C=C/c1cc(Cl)cc(Cl)c1)(CS(=O)c1ccccc1)OC. The standard InChI is InChI=1S/C22H27Cl2NO2S/c1-3-22(27-2,17-28(26)21-9-5-4-6-10-21)11-13-25-12-7-8-18-14-19(23)16-20(24)15-18/h4-10,14-16,25H,3,11-13,17H2,1-2H3/b8-7+. The van der Waals surface area contributed by atoms with E-state index in [0.717, 1.165) is 36.4 Å². The van der Waals surface area contributed by atoms with Crippen molar-refractivity contribution >= 4 is 40.1 Å². The largest absolute Gasteiger partial charge is 0.377 e. The summed E-state index contributed by atoms with van der Waals surface area (Å²) in [5.41, 5.74) is 0.565. The minimum Gasteiger partial charge on any atom is -0.377 e. The molecule has 0 spiro atoms. The maximum atomic E-state index is 12.7. The van der Waals surface area contributed by atoms with Gasteiger partial charge in [-0.05, 0) is 55.3 Å². The lowest BCUT2D eigenvalue weighted by Crippen LogP contribution is -2.40. The van der Waals surface area contributed by atoms with E-state index in [9.17, 15) is 4.21 Å². The number of rotatable bonds is 11. The van der Waals surface area contributed by atoms with Crippen LogP contribution in [0.3, 0.4) is 0 Å². The normalized spacial score (nSPS) is 14.9. The number of halogens is 2. The molecule has 2 rings (SSSR count). The fourth-order valence-electron chi connectivity index (χ4n) is 2.92. The Morgan fingerprint density at radius 1 is 1.14 bits per heavy atom. The van der Waals surface area contributed by atoms with Crippen molar-refractivity contribution in [1.29, 1.82) is 0 Å². The Hall–Kier alpha value is -1.17. The molecule has 0 aliphatic carbocycles. The second-order valence-corrected chi connectivity index (χ2v) is 8.93. The van der Waals surface area contributed by atoms with Crippen LogP contribution in [0.25, 0.3) is 6.08 Å². The summed E-state index contributed by atoms with van der Waals surface area (Å²) in [6.07, 6.45) is 5.61. The van der Waals surface area contributed by atoms with Crippen LogP contribution in [0.4, 0.5) is 0 Å². The quantitative estimate of drug-likeness (QED) is 0.463.